The van der Waals surface area contributed by atoms with Crippen LogP contribution >= 0.6 is 0 Å². The molecule has 0 amide bonds. The van der Waals surface area contributed by atoms with Gasteiger partial charge >= 0.3 is 0 Å². The minimum Gasteiger partial charge on any atom is -0.310 e. The standard InChI is InChI=1S/C15H32N2/c1-7-13-10-15(3,4)9-8-14(13)16-12(2)11-17(5)6/h12-14,16H,7-11H2,1-6H3. The third-order valence-electron chi connectivity index (χ3n) is 4.18. The molecule has 1 N–H and O–H groups in total. The zero-order valence-corrected chi connectivity index (χ0v) is 12.7. The van der Waals surface area contributed by atoms with Crippen molar-refractivity contribution < 1.29 is 0 Å². The lowest BCUT2D eigenvalue weighted by Gasteiger charge is -2.42. The minimum atomic E-state index is 0.559. The first-order chi connectivity index (χ1) is 7.84. The number of hydrogen-bond donors (Lipinski definition) is 1. The maximum absolute atomic E-state index is 3.85. The van der Waals surface area contributed by atoms with Crippen molar-refractivity contribution in [2.24, 2.45) is 11.3 Å². The predicted octanol–water partition coefficient (Wildman–Crippen LogP) is 3.13. The summed E-state index contributed by atoms with van der Waals surface area (Å²) < 4.78 is 0. The SMILES string of the molecule is CCC1CC(C)(C)CCC1NC(C)CN(C)C. The Hall–Kier alpha value is -0.0800. The molecule has 0 aromatic carbocycles. The minimum absolute atomic E-state index is 0.559. The van der Waals surface area contributed by atoms with Gasteiger partial charge in [0.05, 0.1) is 0 Å². The third-order valence-corrected chi connectivity index (χ3v) is 4.18. The summed E-state index contributed by atoms with van der Waals surface area (Å²) in [5.41, 5.74) is 0.559. The smallest absolute Gasteiger partial charge is 0.0169 e. The summed E-state index contributed by atoms with van der Waals surface area (Å²) in [7, 11) is 4.30. The van der Waals surface area contributed by atoms with E-state index in [0.29, 0.717) is 11.5 Å². The zero-order valence-electron chi connectivity index (χ0n) is 12.7. The molecule has 0 aromatic heterocycles. The Morgan fingerprint density at radius 2 is 2.00 bits per heavy atom. The van der Waals surface area contributed by atoms with Crippen LogP contribution in [0, 0.1) is 11.3 Å². The molecule has 1 aliphatic rings. The Morgan fingerprint density at radius 1 is 1.35 bits per heavy atom. The van der Waals surface area contributed by atoms with Gasteiger partial charge < -0.3 is 10.2 Å². The number of nitrogens with zero attached hydrogens (tertiary/aromatic N) is 1. The van der Waals surface area contributed by atoms with Crippen LogP contribution in [0.15, 0.2) is 0 Å². The van der Waals surface area contributed by atoms with Crippen molar-refractivity contribution in [3.63, 3.8) is 0 Å². The van der Waals surface area contributed by atoms with E-state index in [-0.39, 0.29) is 0 Å². The molecule has 1 fully saturated rings. The lowest BCUT2D eigenvalue weighted by molar-refractivity contribution is 0.125. The number of nitrogens with one attached hydrogen (secondary N) is 1. The topological polar surface area (TPSA) is 15.3 Å². The molecule has 0 saturated heterocycles. The third kappa shape index (κ3) is 4.97. The second-order valence-corrected chi connectivity index (χ2v) is 7.01. The molecule has 0 spiro atoms. The summed E-state index contributed by atoms with van der Waals surface area (Å²) in [6.07, 6.45) is 5.42. The van der Waals surface area contributed by atoms with Crippen molar-refractivity contribution in [1.82, 2.24) is 10.2 Å². The van der Waals surface area contributed by atoms with E-state index in [1.807, 2.05) is 0 Å². The average molecular weight is 240 g/mol. The fourth-order valence-corrected chi connectivity index (χ4v) is 3.35. The first-order valence-electron chi connectivity index (χ1n) is 7.25. The Bertz CT molecular complexity index is 223. The summed E-state index contributed by atoms with van der Waals surface area (Å²) >= 11 is 0. The highest BCUT2D eigenvalue weighted by Crippen LogP contribution is 2.40. The van der Waals surface area contributed by atoms with Crippen LogP contribution < -0.4 is 5.32 Å². The quantitative estimate of drug-likeness (QED) is 0.794. The number of rotatable bonds is 5. The molecule has 0 aromatic rings. The average Bonchev–Trinajstić information content (AvgIpc) is 2.19. The normalized spacial score (nSPS) is 30.5. The van der Waals surface area contributed by atoms with Gasteiger partial charge in [-0.15, -0.1) is 0 Å². The monoisotopic (exact) mass is 240 g/mol. The van der Waals surface area contributed by atoms with E-state index < -0.39 is 0 Å². The van der Waals surface area contributed by atoms with Gasteiger partial charge in [0.25, 0.3) is 0 Å². The Morgan fingerprint density at radius 3 is 2.53 bits per heavy atom. The Labute approximate surface area is 108 Å². The molecule has 0 radical (unpaired) electrons. The Kier molecular flexibility index (Phi) is 5.46. The molecule has 0 bridgehead atoms. The number of hydrogen-bond acceptors (Lipinski definition) is 2. The van der Waals surface area contributed by atoms with E-state index in [2.05, 4.69) is 52.0 Å². The molecule has 3 atom stereocenters. The number of likely N-dealkylation sites (N-methyl/N-ethyl adjacent to an activating group) is 1. The van der Waals surface area contributed by atoms with Crippen LogP contribution in [0.2, 0.25) is 0 Å². The van der Waals surface area contributed by atoms with E-state index >= 15 is 0 Å². The van der Waals surface area contributed by atoms with Gasteiger partial charge in [0.1, 0.15) is 0 Å². The van der Waals surface area contributed by atoms with Gasteiger partial charge in [0.15, 0.2) is 0 Å². The van der Waals surface area contributed by atoms with Crippen molar-refractivity contribution in [1.29, 1.82) is 0 Å². The highest BCUT2D eigenvalue weighted by Gasteiger charge is 2.34. The van der Waals surface area contributed by atoms with Crippen LogP contribution in [0.5, 0.6) is 0 Å². The molecular formula is C15H32N2. The Balaban J connectivity index is 2.47. The van der Waals surface area contributed by atoms with Crippen molar-refractivity contribution in [3.05, 3.63) is 0 Å². The van der Waals surface area contributed by atoms with Gasteiger partial charge in [-0.3, -0.25) is 0 Å². The molecule has 2 nitrogen and oxygen atoms in total. The van der Waals surface area contributed by atoms with Crippen LogP contribution in [-0.4, -0.2) is 37.6 Å². The molecule has 102 valence electrons. The zero-order chi connectivity index (χ0) is 13.1. The molecule has 1 aliphatic carbocycles. The second-order valence-electron chi connectivity index (χ2n) is 7.01. The second kappa shape index (κ2) is 6.19. The first kappa shape index (κ1) is 15.0. The van der Waals surface area contributed by atoms with Gasteiger partial charge in [-0.05, 0) is 51.6 Å². The molecule has 17 heavy (non-hydrogen) atoms. The van der Waals surface area contributed by atoms with Crippen LogP contribution in [0.4, 0.5) is 0 Å². The molecule has 1 rings (SSSR count). The van der Waals surface area contributed by atoms with E-state index in [0.717, 1.165) is 18.5 Å². The fraction of sp³-hybridized carbons (Fsp3) is 1.00. The van der Waals surface area contributed by atoms with Gasteiger partial charge in [-0.25, -0.2) is 0 Å². The van der Waals surface area contributed by atoms with E-state index in [9.17, 15) is 0 Å². The molecule has 2 heteroatoms. The van der Waals surface area contributed by atoms with Gasteiger partial charge in [0, 0.05) is 18.6 Å². The largest absolute Gasteiger partial charge is 0.310 e. The predicted molar refractivity (Wildman–Crippen MR) is 76.4 cm³/mol. The summed E-state index contributed by atoms with van der Waals surface area (Å²) in [6, 6.07) is 1.34. The van der Waals surface area contributed by atoms with Crippen LogP contribution in [-0.2, 0) is 0 Å². The van der Waals surface area contributed by atoms with Crippen molar-refractivity contribution >= 4 is 0 Å². The summed E-state index contributed by atoms with van der Waals surface area (Å²) in [6.45, 7) is 10.6. The van der Waals surface area contributed by atoms with Gasteiger partial charge in [-0.1, -0.05) is 27.2 Å². The van der Waals surface area contributed by atoms with Crippen LogP contribution in [0.25, 0.3) is 0 Å². The summed E-state index contributed by atoms with van der Waals surface area (Å²) in [5, 5.41) is 3.85. The lowest BCUT2D eigenvalue weighted by atomic mass is 9.69. The molecule has 0 aliphatic heterocycles. The summed E-state index contributed by atoms with van der Waals surface area (Å²) in [4.78, 5) is 2.27. The van der Waals surface area contributed by atoms with E-state index in [1.165, 1.54) is 25.7 Å². The highest BCUT2D eigenvalue weighted by molar-refractivity contribution is 4.89. The molecule has 1 saturated carbocycles. The van der Waals surface area contributed by atoms with Crippen molar-refractivity contribution in [2.75, 3.05) is 20.6 Å². The maximum Gasteiger partial charge on any atom is 0.0169 e. The van der Waals surface area contributed by atoms with Crippen LogP contribution in [0.3, 0.4) is 0 Å². The maximum atomic E-state index is 3.85. The van der Waals surface area contributed by atoms with Gasteiger partial charge in [0.2, 0.25) is 0 Å². The van der Waals surface area contributed by atoms with Crippen molar-refractivity contribution in [2.45, 2.75) is 65.5 Å². The summed E-state index contributed by atoms with van der Waals surface area (Å²) in [5.74, 6) is 0.864. The lowest BCUT2D eigenvalue weighted by Crippen LogP contribution is -2.48. The molecule has 3 unspecified atom stereocenters. The van der Waals surface area contributed by atoms with Gasteiger partial charge in [-0.2, -0.15) is 0 Å². The van der Waals surface area contributed by atoms with Crippen LogP contribution in [0.1, 0.15) is 53.4 Å². The molecule has 0 heterocycles. The van der Waals surface area contributed by atoms with E-state index in [4.69, 9.17) is 0 Å². The van der Waals surface area contributed by atoms with E-state index in [1.54, 1.807) is 0 Å². The highest BCUT2D eigenvalue weighted by atomic mass is 15.1. The van der Waals surface area contributed by atoms with Crippen molar-refractivity contribution in [3.8, 4) is 0 Å². The first-order valence-corrected chi connectivity index (χ1v) is 7.25. The molecular weight excluding hydrogens is 208 g/mol. The fourth-order valence-electron chi connectivity index (χ4n) is 3.35.